The topological polar surface area (TPSA) is 66.8 Å². The summed E-state index contributed by atoms with van der Waals surface area (Å²) in [5, 5.41) is 8.54. The van der Waals surface area contributed by atoms with Crippen LogP contribution in [0.15, 0.2) is 30.3 Å². The Morgan fingerprint density at radius 2 is 2.05 bits per heavy atom. The van der Waals surface area contributed by atoms with Gasteiger partial charge in [0.15, 0.2) is 0 Å². The van der Waals surface area contributed by atoms with E-state index < -0.39 is 5.97 Å². The molecule has 20 heavy (non-hydrogen) atoms. The van der Waals surface area contributed by atoms with E-state index in [0.717, 1.165) is 5.56 Å². The van der Waals surface area contributed by atoms with E-state index in [0.29, 0.717) is 18.7 Å². The number of rotatable bonds is 7. The molecule has 0 saturated carbocycles. The van der Waals surface area contributed by atoms with Gasteiger partial charge < -0.3 is 14.7 Å². The molecule has 0 unspecified atom stereocenters. The van der Waals surface area contributed by atoms with Gasteiger partial charge in [-0.1, -0.05) is 18.2 Å². The lowest BCUT2D eigenvalue weighted by atomic mass is 10.2. The number of methoxy groups -OCH3 is 1. The Labute approximate surface area is 118 Å². The number of nitrogens with zero attached hydrogens (tertiary/aromatic N) is 1. The van der Waals surface area contributed by atoms with Crippen molar-refractivity contribution >= 4 is 18.0 Å². The van der Waals surface area contributed by atoms with Gasteiger partial charge in [0, 0.05) is 31.7 Å². The van der Waals surface area contributed by atoms with Gasteiger partial charge in [-0.15, -0.1) is 0 Å². The molecule has 0 atom stereocenters. The standard InChI is InChI=1S/C15H19NO4/c1-16(11-5-8-15(18)19)14(17)10-9-12-6-3-4-7-13(12)20-2/h3-4,6-7,9-10H,5,8,11H2,1-2H3,(H,18,19)/b10-9+. The average molecular weight is 277 g/mol. The normalized spacial score (nSPS) is 10.5. The quantitative estimate of drug-likeness (QED) is 0.774. The lowest BCUT2D eigenvalue weighted by molar-refractivity contribution is -0.137. The summed E-state index contributed by atoms with van der Waals surface area (Å²) >= 11 is 0. The number of para-hydroxylation sites is 1. The number of amides is 1. The van der Waals surface area contributed by atoms with Gasteiger partial charge in [0.1, 0.15) is 5.75 Å². The van der Waals surface area contributed by atoms with Crippen molar-refractivity contribution in [2.24, 2.45) is 0 Å². The molecule has 5 nitrogen and oxygen atoms in total. The predicted molar refractivity (Wildman–Crippen MR) is 76.5 cm³/mol. The van der Waals surface area contributed by atoms with Gasteiger partial charge in [-0.25, -0.2) is 0 Å². The third kappa shape index (κ3) is 5.14. The lowest BCUT2D eigenvalue weighted by Crippen LogP contribution is -2.26. The number of carboxylic acids is 1. The van der Waals surface area contributed by atoms with Crippen molar-refractivity contribution in [2.75, 3.05) is 20.7 Å². The number of carboxylic acid groups (broad SMARTS) is 1. The highest BCUT2D eigenvalue weighted by molar-refractivity contribution is 5.92. The number of carbonyl (C=O) groups is 2. The number of ether oxygens (including phenoxy) is 1. The van der Waals surface area contributed by atoms with Crippen molar-refractivity contribution in [3.8, 4) is 5.75 Å². The van der Waals surface area contributed by atoms with E-state index in [9.17, 15) is 9.59 Å². The minimum absolute atomic E-state index is 0.0633. The number of likely N-dealkylation sites (N-methyl/N-ethyl adjacent to an activating group) is 1. The SMILES string of the molecule is COc1ccccc1/C=C/C(=O)N(C)CCCC(=O)O. The minimum Gasteiger partial charge on any atom is -0.496 e. The average Bonchev–Trinajstić information content (AvgIpc) is 2.44. The molecule has 108 valence electrons. The first-order valence-electron chi connectivity index (χ1n) is 6.32. The van der Waals surface area contributed by atoms with Crippen molar-refractivity contribution in [2.45, 2.75) is 12.8 Å². The number of aliphatic carboxylic acids is 1. The third-order valence-corrected chi connectivity index (χ3v) is 2.80. The van der Waals surface area contributed by atoms with Crippen molar-refractivity contribution in [1.29, 1.82) is 0 Å². The van der Waals surface area contributed by atoms with Crippen LogP contribution in [-0.4, -0.2) is 42.6 Å². The molecule has 0 aromatic heterocycles. The van der Waals surface area contributed by atoms with E-state index in [4.69, 9.17) is 9.84 Å². The molecule has 0 saturated heterocycles. The molecule has 0 bridgehead atoms. The second-order valence-electron chi connectivity index (χ2n) is 4.33. The van der Waals surface area contributed by atoms with E-state index in [1.165, 1.54) is 11.0 Å². The van der Waals surface area contributed by atoms with Crippen molar-refractivity contribution in [3.05, 3.63) is 35.9 Å². The van der Waals surface area contributed by atoms with Gasteiger partial charge in [0.05, 0.1) is 7.11 Å². The Bertz CT molecular complexity index is 496. The van der Waals surface area contributed by atoms with Crippen molar-refractivity contribution in [1.82, 2.24) is 4.90 Å². The highest BCUT2D eigenvalue weighted by Gasteiger charge is 2.06. The van der Waals surface area contributed by atoms with Gasteiger partial charge in [0.25, 0.3) is 0 Å². The summed E-state index contributed by atoms with van der Waals surface area (Å²) in [6.07, 6.45) is 3.65. The van der Waals surface area contributed by atoms with Crippen LogP contribution in [0.4, 0.5) is 0 Å². The Hall–Kier alpha value is -2.30. The highest BCUT2D eigenvalue weighted by Crippen LogP contribution is 2.18. The summed E-state index contributed by atoms with van der Waals surface area (Å²) in [4.78, 5) is 23.7. The van der Waals surface area contributed by atoms with Crippen LogP contribution in [0.3, 0.4) is 0 Å². The summed E-state index contributed by atoms with van der Waals surface area (Å²) in [5.41, 5.74) is 0.822. The summed E-state index contributed by atoms with van der Waals surface area (Å²) in [6.45, 7) is 0.418. The smallest absolute Gasteiger partial charge is 0.303 e. The Morgan fingerprint density at radius 3 is 2.70 bits per heavy atom. The zero-order chi connectivity index (χ0) is 15.0. The van der Waals surface area contributed by atoms with Crippen LogP contribution in [0.2, 0.25) is 0 Å². The fraction of sp³-hybridized carbons (Fsp3) is 0.333. The summed E-state index contributed by atoms with van der Waals surface area (Å²) in [5.74, 6) is -0.318. The lowest BCUT2D eigenvalue weighted by Gasteiger charge is -2.14. The molecule has 1 N–H and O–H groups in total. The maximum Gasteiger partial charge on any atom is 0.303 e. The number of benzene rings is 1. The first kappa shape index (κ1) is 15.8. The Kier molecular flexibility index (Phi) is 6.29. The molecule has 0 radical (unpaired) electrons. The molecule has 5 heteroatoms. The minimum atomic E-state index is -0.851. The van der Waals surface area contributed by atoms with Crippen LogP contribution in [0, 0.1) is 0 Å². The van der Waals surface area contributed by atoms with Crippen molar-refractivity contribution < 1.29 is 19.4 Å². The molecule has 1 aromatic carbocycles. The van der Waals surface area contributed by atoms with Crippen LogP contribution in [0.25, 0.3) is 6.08 Å². The molecule has 1 rings (SSSR count). The maximum atomic E-state index is 11.8. The second-order valence-corrected chi connectivity index (χ2v) is 4.33. The molecular weight excluding hydrogens is 258 g/mol. The van der Waals surface area contributed by atoms with E-state index in [-0.39, 0.29) is 12.3 Å². The Morgan fingerprint density at radius 1 is 1.35 bits per heavy atom. The monoisotopic (exact) mass is 277 g/mol. The van der Waals surface area contributed by atoms with Gasteiger partial charge in [-0.3, -0.25) is 9.59 Å². The van der Waals surface area contributed by atoms with Crippen LogP contribution < -0.4 is 4.74 Å². The van der Waals surface area contributed by atoms with Crippen LogP contribution in [0.1, 0.15) is 18.4 Å². The van der Waals surface area contributed by atoms with E-state index >= 15 is 0 Å². The number of hydrogen-bond acceptors (Lipinski definition) is 3. The summed E-state index contributed by atoms with van der Waals surface area (Å²) in [6, 6.07) is 7.40. The van der Waals surface area contributed by atoms with Crippen LogP contribution >= 0.6 is 0 Å². The van der Waals surface area contributed by atoms with Crippen LogP contribution in [-0.2, 0) is 9.59 Å². The third-order valence-electron chi connectivity index (χ3n) is 2.80. The van der Waals surface area contributed by atoms with Crippen molar-refractivity contribution in [3.63, 3.8) is 0 Å². The van der Waals surface area contributed by atoms with E-state index in [1.54, 1.807) is 20.2 Å². The molecule has 1 aromatic rings. The predicted octanol–water partition coefficient (Wildman–Crippen LogP) is 2.03. The molecule has 0 heterocycles. The molecule has 0 fully saturated rings. The summed E-state index contributed by atoms with van der Waals surface area (Å²) < 4.78 is 5.19. The van der Waals surface area contributed by atoms with E-state index in [2.05, 4.69) is 0 Å². The zero-order valence-corrected chi connectivity index (χ0v) is 11.7. The van der Waals surface area contributed by atoms with Crippen LogP contribution in [0.5, 0.6) is 5.75 Å². The van der Waals surface area contributed by atoms with E-state index in [1.807, 2.05) is 24.3 Å². The largest absolute Gasteiger partial charge is 0.496 e. The van der Waals surface area contributed by atoms with Gasteiger partial charge in [-0.2, -0.15) is 0 Å². The number of carbonyl (C=O) groups excluding carboxylic acids is 1. The molecule has 0 aliphatic carbocycles. The maximum absolute atomic E-state index is 11.8. The Balaban J connectivity index is 2.56. The fourth-order valence-corrected chi connectivity index (χ4v) is 1.67. The molecule has 1 amide bonds. The molecule has 0 spiro atoms. The molecule has 0 aliphatic heterocycles. The highest BCUT2D eigenvalue weighted by atomic mass is 16.5. The van der Waals surface area contributed by atoms with Gasteiger partial charge in [-0.05, 0) is 18.6 Å². The second kappa shape index (κ2) is 7.99. The first-order chi connectivity index (χ1) is 9.54. The molecular formula is C15H19NO4. The first-order valence-corrected chi connectivity index (χ1v) is 6.32. The molecule has 0 aliphatic rings. The zero-order valence-electron chi connectivity index (χ0n) is 11.7. The number of hydrogen-bond donors (Lipinski definition) is 1. The fourth-order valence-electron chi connectivity index (χ4n) is 1.67. The van der Waals surface area contributed by atoms with Gasteiger partial charge in [0.2, 0.25) is 5.91 Å². The summed E-state index contributed by atoms with van der Waals surface area (Å²) in [7, 11) is 3.23. The van der Waals surface area contributed by atoms with Gasteiger partial charge >= 0.3 is 5.97 Å².